The Hall–Kier alpha value is -0.860. The molecule has 0 bridgehead atoms. The molecule has 0 aliphatic heterocycles. The number of esters is 1. The third kappa shape index (κ3) is 24.3. The Kier molecular flexibility index (Phi) is 26.1. The van der Waals surface area contributed by atoms with Gasteiger partial charge in [0.05, 0.1) is 6.61 Å². The second kappa shape index (κ2) is 26.7. The molecule has 1 atom stereocenters. The van der Waals surface area contributed by atoms with Gasteiger partial charge in [-0.3, -0.25) is 9.59 Å². The Labute approximate surface area is 213 Å². The van der Waals surface area contributed by atoms with Crippen molar-refractivity contribution in [2.75, 3.05) is 6.61 Å². The highest BCUT2D eigenvalue weighted by Crippen LogP contribution is 2.20. The van der Waals surface area contributed by atoms with Crippen LogP contribution in [0.25, 0.3) is 0 Å². The smallest absolute Gasteiger partial charge is 0.305 e. The number of hydrogen-bond acceptors (Lipinski definition) is 3. The van der Waals surface area contributed by atoms with Crippen molar-refractivity contribution in [3.05, 3.63) is 0 Å². The van der Waals surface area contributed by atoms with Crippen LogP contribution < -0.4 is 0 Å². The number of Topliss-reactive ketones (excluding diaryl/α,β-unsaturated/α-hetero) is 1. The number of ketones is 1. The highest BCUT2D eigenvalue weighted by molar-refractivity contribution is 5.78. The van der Waals surface area contributed by atoms with Crippen molar-refractivity contribution in [3.63, 3.8) is 0 Å². The first-order valence-electron chi connectivity index (χ1n) is 15.3. The van der Waals surface area contributed by atoms with Crippen molar-refractivity contribution in [2.45, 2.75) is 175 Å². The van der Waals surface area contributed by atoms with Gasteiger partial charge in [-0.05, 0) is 38.0 Å². The number of rotatable bonds is 27. The predicted molar refractivity (Wildman–Crippen MR) is 147 cm³/mol. The summed E-state index contributed by atoms with van der Waals surface area (Å²) >= 11 is 0. The van der Waals surface area contributed by atoms with E-state index in [0.29, 0.717) is 24.7 Å². The van der Waals surface area contributed by atoms with E-state index in [1.54, 1.807) is 0 Å². The van der Waals surface area contributed by atoms with Crippen molar-refractivity contribution in [1.82, 2.24) is 0 Å². The zero-order chi connectivity index (χ0) is 25.1. The van der Waals surface area contributed by atoms with Gasteiger partial charge in [0.2, 0.25) is 0 Å². The molecule has 0 spiro atoms. The quantitative estimate of drug-likeness (QED) is 0.0867. The topological polar surface area (TPSA) is 43.4 Å². The molecule has 3 nitrogen and oxygen atoms in total. The zero-order valence-corrected chi connectivity index (χ0v) is 23.5. The van der Waals surface area contributed by atoms with Gasteiger partial charge in [-0.15, -0.1) is 0 Å². The Morgan fingerprint density at radius 1 is 0.500 bits per heavy atom. The molecule has 0 aliphatic rings. The van der Waals surface area contributed by atoms with Crippen LogP contribution in [0.15, 0.2) is 0 Å². The summed E-state index contributed by atoms with van der Waals surface area (Å²) in [6.07, 6.45) is 27.6. The summed E-state index contributed by atoms with van der Waals surface area (Å²) in [6, 6.07) is 0. The molecule has 0 heterocycles. The van der Waals surface area contributed by atoms with E-state index in [1.165, 1.54) is 96.3 Å². The highest BCUT2D eigenvalue weighted by Gasteiger charge is 2.12. The van der Waals surface area contributed by atoms with Crippen molar-refractivity contribution < 1.29 is 14.3 Å². The predicted octanol–water partition coefficient (Wildman–Crippen LogP) is 10.1. The number of hydrogen-bond donors (Lipinski definition) is 0. The van der Waals surface area contributed by atoms with Crippen LogP contribution in [0.2, 0.25) is 0 Å². The van der Waals surface area contributed by atoms with Gasteiger partial charge in [0.1, 0.15) is 5.78 Å². The zero-order valence-electron chi connectivity index (χ0n) is 23.5. The maximum absolute atomic E-state index is 12.2. The fraction of sp³-hybridized carbons (Fsp3) is 0.935. The minimum atomic E-state index is -0.000759. The Morgan fingerprint density at radius 2 is 0.882 bits per heavy atom. The summed E-state index contributed by atoms with van der Waals surface area (Å²) in [5, 5.41) is 0. The molecule has 0 aliphatic carbocycles. The van der Waals surface area contributed by atoms with Gasteiger partial charge in [0.15, 0.2) is 0 Å². The van der Waals surface area contributed by atoms with Crippen molar-refractivity contribution in [3.8, 4) is 0 Å². The van der Waals surface area contributed by atoms with Crippen molar-refractivity contribution in [1.29, 1.82) is 0 Å². The summed E-state index contributed by atoms with van der Waals surface area (Å²) in [5.41, 5.74) is 0. The standard InChI is InChI=1S/C31H60O3/c1-4-7-10-12-15-20-24-29(23-19-11-8-5-2)28-34-31(33)27-22-17-14-13-16-21-26-30(32)25-18-9-6-3/h29H,4-28H2,1-3H3. The molecular weight excluding hydrogens is 420 g/mol. The normalized spacial score (nSPS) is 12.1. The summed E-state index contributed by atoms with van der Waals surface area (Å²) in [7, 11) is 0. The lowest BCUT2D eigenvalue weighted by atomic mass is 9.95. The summed E-state index contributed by atoms with van der Waals surface area (Å²) in [5.74, 6) is 0.993. The van der Waals surface area contributed by atoms with Crippen LogP contribution >= 0.6 is 0 Å². The number of ether oxygens (including phenoxy) is 1. The van der Waals surface area contributed by atoms with Gasteiger partial charge in [-0.2, -0.15) is 0 Å². The maximum atomic E-state index is 12.2. The molecule has 1 unspecified atom stereocenters. The lowest BCUT2D eigenvalue weighted by Crippen LogP contribution is -2.14. The number of carbonyl (C=O) groups excluding carboxylic acids is 2. The van der Waals surface area contributed by atoms with Crippen LogP contribution in [-0.2, 0) is 14.3 Å². The molecule has 0 aromatic carbocycles. The van der Waals surface area contributed by atoms with E-state index in [1.807, 2.05) is 0 Å². The van der Waals surface area contributed by atoms with Gasteiger partial charge in [0, 0.05) is 19.3 Å². The first-order valence-corrected chi connectivity index (χ1v) is 15.3. The average molecular weight is 481 g/mol. The van der Waals surface area contributed by atoms with Crippen LogP contribution in [0.5, 0.6) is 0 Å². The van der Waals surface area contributed by atoms with E-state index in [-0.39, 0.29) is 5.97 Å². The third-order valence-corrected chi connectivity index (χ3v) is 7.06. The van der Waals surface area contributed by atoms with Crippen LogP contribution in [0, 0.1) is 5.92 Å². The minimum Gasteiger partial charge on any atom is -0.465 e. The number of carbonyl (C=O) groups is 2. The molecule has 0 aromatic rings. The molecule has 34 heavy (non-hydrogen) atoms. The maximum Gasteiger partial charge on any atom is 0.305 e. The number of unbranched alkanes of at least 4 members (excludes halogenated alkanes) is 15. The molecular formula is C31H60O3. The van der Waals surface area contributed by atoms with Crippen molar-refractivity contribution in [2.24, 2.45) is 5.92 Å². The van der Waals surface area contributed by atoms with E-state index in [2.05, 4.69) is 20.8 Å². The minimum absolute atomic E-state index is 0.000759. The Morgan fingerprint density at radius 3 is 1.44 bits per heavy atom. The fourth-order valence-corrected chi connectivity index (χ4v) is 4.66. The van der Waals surface area contributed by atoms with Gasteiger partial charge in [-0.1, -0.05) is 124 Å². The van der Waals surface area contributed by atoms with E-state index in [9.17, 15) is 9.59 Å². The fourth-order valence-electron chi connectivity index (χ4n) is 4.66. The molecule has 202 valence electrons. The molecule has 0 saturated heterocycles. The largest absolute Gasteiger partial charge is 0.465 e. The molecule has 0 radical (unpaired) electrons. The van der Waals surface area contributed by atoms with Gasteiger partial charge in [-0.25, -0.2) is 0 Å². The monoisotopic (exact) mass is 480 g/mol. The summed E-state index contributed by atoms with van der Waals surface area (Å²) in [6.45, 7) is 7.33. The van der Waals surface area contributed by atoms with Crippen LogP contribution in [0.1, 0.15) is 175 Å². The lowest BCUT2D eigenvalue weighted by Gasteiger charge is -2.17. The SMILES string of the molecule is CCCCCCCCC(CCCCCC)COC(=O)CCCCCCCCC(=O)CCCCC. The lowest BCUT2D eigenvalue weighted by molar-refractivity contribution is -0.145. The Bertz CT molecular complexity index is 446. The van der Waals surface area contributed by atoms with E-state index < -0.39 is 0 Å². The molecule has 0 rings (SSSR count). The summed E-state index contributed by atoms with van der Waals surface area (Å²) < 4.78 is 5.69. The van der Waals surface area contributed by atoms with Gasteiger partial charge in [0.25, 0.3) is 0 Å². The Balaban J connectivity index is 3.81. The second-order valence-corrected chi connectivity index (χ2v) is 10.6. The molecule has 0 saturated carbocycles. The second-order valence-electron chi connectivity index (χ2n) is 10.6. The van der Waals surface area contributed by atoms with Gasteiger partial charge < -0.3 is 4.74 Å². The first-order chi connectivity index (χ1) is 16.6. The highest BCUT2D eigenvalue weighted by atomic mass is 16.5. The molecule has 0 aromatic heterocycles. The molecule has 0 amide bonds. The van der Waals surface area contributed by atoms with E-state index >= 15 is 0 Å². The van der Waals surface area contributed by atoms with Crippen molar-refractivity contribution >= 4 is 11.8 Å². The van der Waals surface area contributed by atoms with Crippen LogP contribution in [0.4, 0.5) is 0 Å². The molecule has 3 heteroatoms. The molecule has 0 fully saturated rings. The average Bonchev–Trinajstić information content (AvgIpc) is 2.83. The van der Waals surface area contributed by atoms with Crippen LogP contribution in [-0.4, -0.2) is 18.4 Å². The first kappa shape index (κ1) is 33.1. The third-order valence-electron chi connectivity index (χ3n) is 7.06. The van der Waals surface area contributed by atoms with Gasteiger partial charge >= 0.3 is 5.97 Å². The summed E-state index contributed by atoms with van der Waals surface area (Å²) in [4.78, 5) is 24.0. The van der Waals surface area contributed by atoms with E-state index in [0.717, 1.165) is 51.4 Å². The van der Waals surface area contributed by atoms with E-state index in [4.69, 9.17) is 4.74 Å². The molecule has 0 N–H and O–H groups in total. The van der Waals surface area contributed by atoms with Crippen LogP contribution in [0.3, 0.4) is 0 Å².